The van der Waals surface area contributed by atoms with Gasteiger partial charge < -0.3 is 10.1 Å². The second-order valence-corrected chi connectivity index (χ2v) is 6.81. The lowest BCUT2D eigenvalue weighted by Crippen LogP contribution is -2.39. The van der Waals surface area contributed by atoms with Gasteiger partial charge in [-0.25, -0.2) is 0 Å². The number of benzene rings is 1. The Kier molecular flexibility index (Phi) is 6.12. The molecule has 1 saturated heterocycles. The van der Waals surface area contributed by atoms with E-state index in [2.05, 4.69) is 38.2 Å². The van der Waals surface area contributed by atoms with Gasteiger partial charge in [-0.15, -0.1) is 11.8 Å². The van der Waals surface area contributed by atoms with E-state index in [1.807, 2.05) is 0 Å². The zero-order chi connectivity index (χ0) is 15.2. The molecule has 1 N–H and O–H groups in total. The molecule has 1 heterocycles. The Morgan fingerprint density at radius 2 is 1.86 bits per heavy atom. The molecule has 0 aromatic heterocycles. The Bertz CT molecular complexity index is 473. The van der Waals surface area contributed by atoms with Gasteiger partial charge in [0.25, 0.3) is 0 Å². The van der Waals surface area contributed by atoms with E-state index in [1.54, 1.807) is 11.8 Å². The van der Waals surface area contributed by atoms with Crippen molar-refractivity contribution < 1.29 is 9.53 Å². The second-order valence-electron chi connectivity index (χ2n) is 5.82. The van der Waals surface area contributed by atoms with Gasteiger partial charge in [-0.1, -0.05) is 17.7 Å². The number of thioether (sulfide) groups is 1. The van der Waals surface area contributed by atoms with Crippen LogP contribution in [0.15, 0.2) is 12.1 Å². The van der Waals surface area contributed by atoms with Gasteiger partial charge in [-0.05, 0) is 50.3 Å². The molecule has 0 radical (unpaired) electrons. The first-order valence-corrected chi connectivity index (χ1v) is 8.73. The van der Waals surface area contributed by atoms with Crippen LogP contribution in [0.1, 0.15) is 35.1 Å². The zero-order valence-electron chi connectivity index (χ0n) is 13.2. The summed E-state index contributed by atoms with van der Waals surface area (Å²) in [7, 11) is 0. The zero-order valence-corrected chi connectivity index (χ0v) is 14.0. The minimum atomic E-state index is 0.148. The van der Waals surface area contributed by atoms with Crippen molar-refractivity contribution in [1.29, 1.82) is 0 Å². The molecule has 0 atom stereocenters. The van der Waals surface area contributed by atoms with Gasteiger partial charge in [0, 0.05) is 25.0 Å². The maximum atomic E-state index is 12.0. The first-order chi connectivity index (χ1) is 10.1. The predicted octanol–water partition coefficient (Wildman–Crippen LogP) is 3.14. The molecule has 0 spiro atoms. The van der Waals surface area contributed by atoms with Crippen LogP contribution in [-0.2, 0) is 15.3 Å². The topological polar surface area (TPSA) is 38.3 Å². The maximum Gasteiger partial charge on any atom is 0.230 e. The van der Waals surface area contributed by atoms with E-state index in [4.69, 9.17) is 4.74 Å². The summed E-state index contributed by atoms with van der Waals surface area (Å²) in [5, 5.41) is 3.10. The molecule has 21 heavy (non-hydrogen) atoms. The molecule has 0 aliphatic carbocycles. The summed E-state index contributed by atoms with van der Waals surface area (Å²) in [4.78, 5) is 12.0. The van der Waals surface area contributed by atoms with Gasteiger partial charge in [0.05, 0.1) is 5.75 Å². The number of ether oxygens (including phenoxy) is 1. The first kappa shape index (κ1) is 16.4. The van der Waals surface area contributed by atoms with Gasteiger partial charge in [-0.3, -0.25) is 4.79 Å². The molecule has 1 amide bonds. The number of rotatable bonds is 5. The van der Waals surface area contributed by atoms with E-state index >= 15 is 0 Å². The molecule has 2 rings (SSSR count). The molecular weight excluding hydrogens is 282 g/mol. The van der Waals surface area contributed by atoms with Crippen LogP contribution in [0.5, 0.6) is 0 Å². The summed E-state index contributed by atoms with van der Waals surface area (Å²) >= 11 is 1.69. The number of carbonyl (C=O) groups excluding carboxylic acids is 1. The van der Waals surface area contributed by atoms with E-state index < -0.39 is 0 Å². The molecule has 1 aromatic rings. The third-order valence-corrected chi connectivity index (χ3v) is 4.87. The van der Waals surface area contributed by atoms with E-state index in [-0.39, 0.29) is 5.91 Å². The average Bonchev–Trinajstić information content (AvgIpc) is 2.42. The summed E-state index contributed by atoms with van der Waals surface area (Å²) in [5.41, 5.74) is 5.31. The summed E-state index contributed by atoms with van der Waals surface area (Å²) < 4.78 is 5.30. The van der Waals surface area contributed by atoms with Crippen molar-refractivity contribution in [3.8, 4) is 0 Å². The maximum absolute atomic E-state index is 12.0. The highest BCUT2D eigenvalue weighted by molar-refractivity contribution is 7.99. The van der Waals surface area contributed by atoms with Crippen molar-refractivity contribution >= 4 is 17.7 Å². The summed E-state index contributed by atoms with van der Waals surface area (Å²) in [6.45, 7) is 7.95. The van der Waals surface area contributed by atoms with Gasteiger partial charge >= 0.3 is 0 Å². The minimum absolute atomic E-state index is 0.148. The molecule has 1 aliphatic rings. The van der Waals surface area contributed by atoms with Crippen molar-refractivity contribution in [3.05, 3.63) is 34.4 Å². The standard InChI is InChI=1S/C17H25NO2S/c1-12-8-13(2)16(14(3)9-12)10-21-11-17(19)18-15-4-6-20-7-5-15/h8-9,15H,4-7,10-11H2,1-3H3,(H,18,19). The van der Waals surface area contributed by atoms with Crippen LogP contribution < -0.4 is 5.32 Å². The summed E-state index contributed by atoms with van der Waals surface area (Å²) in [6.07, 6.45) is 1.87. The van der Waals surface area contributed by atoms with Crippen LogP contribution in [0.2, 0.25) is 0 Å². The number of aryl methyl sites for hydroxylation is 3. The smallest absolute Gasteiger partial charge is 0.230 e. The van der Waals surface area contributed by atoms with Crippen molar-refractivity contribution in [1.82, 2.24) is 5.32 Å². The fourth-order valence-electron chi connectivity index (χ4n) is 2.79. The normalized spacial score (nSPS) is 16.0. The average molecular weight is 307 g/mol. The van der Waals surface area contributed by atoms with Crippen LogP contribution in [0.25, 0.3) is 0 Å². The molecule has 1 aliphatic heterocycles. The lowest BCUT2D eigenvalue weighted by atomic mass is 10.0. The quantitative estimate of drug-likeness (QED) is 0.908. The lowest BCUT2D eigenvalue weighted by Gasteiger charge is -2.23. The van der Waals surface area contributed by atoms with Crippen LogP contribution in [-0.4, -0.2) is 30.9 Å². The second kappa shape index (κ2) is 7.85. The monoisotopic (exact) mass is 307 g/mol. The van der Waals surface area contributed by atoms with E-state index in [1.165, 1.54) is 22.3 Å². The number of hydrogen-bond acceptors (Lipinski definition) is 3. The molecule has 4 heteroatoms. The Labute approximate surface area is 131 Å². The van der Waals surface area contributed by atoms with E-state index in [0.29, 0.717) is 11.8 Å². The Morgan fingerprint density at radius 1 is 1.24 bits per heavy atom. The number of nitrogens with one attached hydrogen (secondary N) is 1. The highest BCUT2D eigenvalue weighted by atomic mass is 32.2. The lowest BCUT2D eigenvalue weighted by molar-refractivity contribution is -0.119. The molecule has 1 fully saturated rings. The molecule has 0 saturated carbocycles. The molecule has 3 nitrogen and oxygen atoms in total. The van der Waals surface area contributed by atoms with E-state index in [9.17, 15) is 4.79 Å². The minimum Gasteiger partial charge on any atom is -0.381 e. The van der Waals surface area contributed by atoms with Gasteiger partial charge in [-0.2, -0.15) is 0 Å². The van der Waals surface area contributed by atoms with Crippen molar-refractivity contribution in [3.63, 3.8) is 0 Å². The van der Waals surface area contributed by atoms with Crippen molar-refractivity contribution in [2.24, 2.45) is 0 Å². The van der Waals surface area contributed by atoms with Crippen molar-refractivity contribution in [2.45, 2.75) is 45.4 Å². The Balaban J connectivity index is 1.77. The highest BCUT2D eigenvalue weighted by Gasteiger charge is 2.16. The first-order valence-electron chi connectivity index (χ1n) is 7.58. The van der Waals surface area contributed by atoms with Crippen molar-refractivity contribution in [2.75, 3.05) is 19.0 Å². The van der Waals surface area contributed by atoms with E-state index in [0.717, 1.165) is 31.8 Å². The molecule has 0 bridgehead atoms. The van der Waals surface area contributed by atoms with Gasteiger partial charge in [0.1, 0.15) is 0 Å². The van der Waals surface area contributed by atoms with Crippen LogP contribution in [0.4, 0.5) is 0 Å². The van der Waals surface area contributed by atoms with Gasteiger partial charge in [0.2, 0.25) is 5.91 Å². The summed E-state index contributed by atoms with van der Waals surface area (Å²) in [6, 6.07) is 4.73. The molecule has 1 aromatic carbocycles. The summed E-state index contributed by atoms with van der Waals surface area (Å²) in [5.74, 6) is 1.58. The fourth-order valence-corrected chi connectivity index (χ4v) is 3.82. The third kappa shape index (κ3) is 5.04. The highest BCUT2D eigenvalue weighted by Crippen LogP contribution is 2.21. The number of hydrogen-bond donors (Lipinski definition) is 1. The fraction of sp³-hybridized carbons (Fsp3) is 0.588. The largest absolute Gasteiger partial charge is 0.381 e. The van der Waals surface area contributed by atoms with Crippen LogP contribution in [0, 0.1) is 20.8 Å². The Morgan fingerprint density at radius 3 is 2.48 bits per heavy atom. The van der Waals surface area contributed by atoms with Crippen LogP contribution >= 0.6 is 11.8 Å². The number of amides is 1. The number of carbonyl (C=O) groups is 1. The third-order valence-electron chi connectivity index (χ3n) is 3.91. The SMILES string of the molecule is Cc1cc(C)c(CSCC(=O)NC2CCOCC2)c(C)c1. The molecule has 116 valence electrons. The molecule has 0 unspecified atom stereocenters. The molecular formula is C17H25NO2S. The van der Waals surface area contributed by atoms with Crippen LogP contribution in [0.3, 0.4) is 0 Å². The predicted molar refractivity (Wildman–Crippen MR) is 88.8 cm³/mol. The Hall–Kier alpha value is -1.00. The van der Waals surface area contributed by atoms with Gasteiger partial charge in [0.15, 0.2) is 0 Å².